The Hall–Kier alpha value is -0.830. The van der Waals surface area contributed by atoms with Gasteiger partial charge < -0.3 is 10.2 Å². The summed E-state index contributed by atoms with van der Waals surface area (Å²) in [6.07, 6.45) is 41.0. The maximum atomic E-state index is 12.4. The van der Waals surface area contributed by atoms with Gasteiger partial charge in [0.25, 0.3) is 0 Å². The van der Waals surface area contributed by atoms with Crippen LogP contribution in [0, 0.1) is 17.8 Å². The average Bonchev–Trinajstić information content (AvgIpc) is 3.00. The Balaban J connectivity index is 4.06. The first kappa shape index (κ1) is 43.2. The van der Waals surface area contributed by atoms with Gasteiger partial charge in [-0.05, 0) is 57.5 Å². The van der Waals surface area contributed by atoms with Crippen LogP contribution in [0.25, 0.3) is 0 Å². The number of rotatable bonds is 34. The fourth-order valence-electron chi connectivity index (χ4n) is 6.41. The summed E-state index contributed by atoms with van der Waals surface area (Å²) in [6.45, 7) is 11.2. The predicted octanol–water partition coefficient (Wildman–Crippen LogP) is 12.7. The lowest BCUT2D eigenvalue weighted by molar-refractivity contribution is -0.121. The molecule has 0 saturated heterocycles. The Morgan fingerprint density at radius 1 is 0.591 bits per heavy atom. The van der Waals surface area contributed by atoms with Crippen LogP contribution in [0.15, 0.2) is 12.2 Å². The van der Waals surface area contributed by atoms with Gasteiger partial charge in [0.15, 0.2) is 0 Å². The van der Waals surface area contributed by atoms with Gasteiger partial charge in [-0.15, -0.1) is 0 Å². The maximum absolute atomic E-state index is 12.4. The normalized spacial score (nSPS) is 14.0. The van der Waals surface area contributed by atoms with Crippen molar-refractivity contribution in [2.75, 3.05) is 27.2 Å². The maximum Gasteiger partial charge on any atom is 0.221 e. The topological polar surface area (TPSA) is 32.3 Å². The lowest BCUT2D eigenvalue weighted by atomic mass is 9.93. The van der Waals surface area contributed by atoms with E-state index in [0.717, 1.165) is 24.9 Å². The molecular formula is C41H82N2O. The molecule has 3 nitrogen and oxygen atoms in total. The molecule has 262 valence electrons. The third-order valence-electron chi connectivity index (χ3n) is 9.72. The summed E-state index contributed by atoms with van der Waals surface area (Å²) in [5.41, 5.74) is 0. The highest BCUT2D eigenvalue weighted by molar-refractivity contribution is 5.76. The largest absolute Gasteiger partial charge is 0.356 e. The van der Waals surface area contributed by atoms with Crippen molar-refractivity contribution in [2.45, 2.75) is 201 Å². The van der Waals surface area contributed by atoms with Crippen LogP contribution >= 0.6 is 0 Å². The molecule has 0 aromatic carbocycles. The van der Waals surface area contributed by atoms with Crippen molar-refractivity contribution < 1.29 is 4.79 Å². The van der Waals surface area contributed by atoms with Gasteiger partial charge in [-0.3, -0.25) is 4.79 Å². The fraction of sp³-hybridized carbons (Fsp3) is 0.927. The number of hydrogen-bond donors (Lipinski definition) is 1. The minimum atomic E-state index is 0.226. The Morgan fingerprint density at radius 3 is 1.55 bits per heavy atom. The van der Waals surface area contributed by atoms with E-state index in [1.807, 2.05) is 14.1 Å². The van der Waals surface area contributed by atoms with Crippen LogP contribution in [0.4, 0.5) is 0 Å². The minimum Gasteiger partial charge on any atom is -0.356 e. The third-order valence-corrected chi connectivity index (χ3v) is 9.72. The van der Waals surface area contributed by atoms with Crippen molar-refractivity contribution in [3.63, 3.8) is 0 Å². The van der Waals surface area contributed by atoms with Gasteiger partial charge in [-0.2, -0.15) is 0 Å². The first-order chi connectivity index (χ1) is 21.4. The van der Waals surface area contributed by atoms with Crippen molar-refractivity contribution >= 4 is 5.91 Å². The van der Waals surface area contributed by atoms with E-state index in [1.54, 1.807) is 0 Å². The Morgan fingerprint density at radius 2 is 1.05 bits per heavy atom. The van der Waals surface area contributed by atoms with Crippen LogP contribution in [0.3, 0.4) is 0 Å². The van der Waals surface area contributed by atoms with Gasteiger partial charge in [0.2, 0.25) is 5.91 Å². The summed E-state index contributed by atoms with van der Waals surface area (Å²) in [5.74, 6) is 2.63. The van der Waals surface area contributed by atoms with Crippen LogP contribution in [-0.4, -0.2) is 38.0 Å². The highest BCUT2D eigenvalue weighted by atomic mass is 16.1. The quantitative estimate of drug-likeness (QED) is 0.0574. The molecule has 0 aliphatic heterocycles. The molecule has 3 unspecified atom stereocenters. The highest BCUT2D eigenvalue weighted by Gasteiger charge is 2.11. The van der Waals surface area contributed by atoms with Crippen molar-refractivity contribution in [1.82, 2.24) is 10.2 Å². The number of nitrogens with one attached hydrogen (secondary N) is 1. The molecule has 0 rings (SSSR count). The second-order valence-electron chi connectivity index (χ2n) is 14.9. The zero-order chi connectivity index (χ0) is 32.5. The van der Waals surface area contributed by atoms with Gasteiger partial charge in [0.05, 0.1) is 0 Å². The second kappa shape index (κ2) is 33.5. The molecule has 0 heterocycles. The van der Waals surface area contributed by atoms with E-state index in [2.05, 4.69) is 50.1 Å². The van der Waals surface area contributed by atoms with Crippen molar-refractivity contribution in [3.05, 3.63) is 12.2 Å². The van der Waals surface area contributed by atoms with E-state index in [0.29, 0.717) is 12.3 Å². The minimum absolute atomic E-state index is 0.226. The predicted molar refractivity (Wildman–Crippen MR) is 199 cm³/mol. The standard InChI is InChI=1S/C41H82N2O/c1-7-9-11-17-23-29-38(3)31-25-19-13-15-21-27-33-40(37-42-41(44)35-36-43(5)6)34-28-22-16-14-20-26-32-39(4)30-24-18-12-10-8-2/h17,23,38-40H,7-16,18-22,24-37H2,1-6H3,(H,42,44)/b23-17+. The molecule has 44 heavy (non-hydrogen) atoms. The summed E-state index contributed by atoms with van der Waals surface area (Å²) in [5, 5.41) is 3.28. The van der Waals surface area contributed by atoms with E-state index in [-0.39, 0.29) is 5.91 Å². The summed E-state index contributed by atoms with van der Waals surface area (Å²) in [4.78, 5) is 14.5. The molecule has 0 aromatic rings. The Bertz CT molecular complexity index is 616. The molecule has 1 amide bonds. The van der Waals surface area contributed by atoms with Gasteiger partial charge in [-0.1, -0.05) is 181 Å². The summed E-state index contributed by atoms with van der Waals surface area (Å²) in [7, 11) is 4.08. The molecule has 0 bridgehead atoms. The molecular weight excluding hydrogens is 536 g/mol. The van der Waals surface area contributed by atoms with E-state index < -0.39 is 0 Å². The highest BCUT2D eigenvalue weighted by Crippen LogP contribution is 2.21. The average molecular weight is 619 g/mol. The van der Waals surface area contributed by atoms with E-state index in [9.17, 15) is 4.79 Å². The van der Waals surface area contributed by atoms with Crippen LogP contribution in [0.1, 0.15) is 201 Å². The SMILES string of the molecule is CCCC/C=C/CC(C)CCCCCCCCC(CCCCCCCCC(C)CCCCCCC)CNC(=O)CCN(C)C. The number of nitrogens with zero attached hydrogens (tertiary/aromatic N) is 1. The van der Waals surface area contributed by atoms with Gasteiger partial charge in [0, 0.05) is 19.5 Å². The molecule has 1 N–H and O–H groups in total. The molecule has 0 radical (unpaired) electrons. The monoisotopic (exact) mass is 619 g/mol. The first-order valence-electron chi connectivity index (χ1n) is 19.9. The number of carbonyl (C=O) groups is 1. The molecule has 0 fully saturated rings. The van der Waals surface area contributed by atoms with Crippen molar-refractivity contribution in [1.29, 1.82) is 0 Å². The second-order valence-corrected chi connectivity index (χ2v) is 14.9. The number of amides is 1. The van der Waals surface area contributed by atoms with Gasteiger partial charge in [0.1, 0.15) is 0 Å². The smallest absolute Gasteiger partial charge is 0.221 e. The van der Waals surface area contributed by atoms with E-state index in [1.165, 1.54) is 167 Å². The number of unbranched alkanes of at least 4 members (excludes halogenated alkanes) is 16. The van der Waals surface area contributed by atoms with Crippen LogP contribution in [-0.2, 0) is 4.79 Å². The molecule has 0 aromatic heterocycles. The van der Waals surface area contributed by atoms with Gasteiger partial charge in [-0.25, -0.2) is 0 Å². The number of allylic oxidation sites excluding steroid dienone is 2. The van der Waals surface area contributed by atoms with Crippen LogP contribution < -0.4 is 5.32 Å². The van der Waals surface area contributed by atoms with Crippen LogP contribution in [0.5, 0.6) is 0 Å². The lowest BCUT2D eigenvalue weighted by Gasteiger charge is -2.18. The molecule has 0 aliphatic carbocycles. The summed E-state index contributed by atoms with van der Waals surface area (Å²) >= 11 is 0. The zero-order valence-corrected chi connectivity index (χ0v) is 31.2. The van der Waals surface area contributed by atoms with Gasteiger partial charge >= 0.3 is 0 Å². The third kappa shape index (κ3) is 32.6. The number of hydrogen-bond acceptors (Lipinski definition) is 2. The molecule has 3 heteroatoms. The van der Waals surface area contributed by atoms with Crippen molar-refractivity contribution in [2.24, 2.45) is 17.8 Å². The van der Waals surface area contributed by atoms with E-state index in [4.69, 9.17) is 0 Å². The van der Waals surface area contributed by atoms with Crippen molar-refractivity contribution in [3.8, 4) is 0 Å². The fourth-order valence-corrected chi connectivity index (χ4v) is 6.41. The molecule has 3 atom stereocenters. The Kier molecular flexibility index (Phi) is 32.9. The molecule has 0 spiro atoms. The van der Waals surface area contributed by atoms with E-state index >= 15 is 0 Å². The number of carbonyl (C=O) groups excluding carboxylic acids is 1. The first-order valence-corrected chi connectivity index (χ1v) is 19.9. The summed E-state index contributed by atoms with van der Waals surface area (Å²) in [6, 6.07) is 0. The molecule has 0 aliphatic rings. The van der Waals surface area contributed by atoms with Crippen LogP contribution in [0.2, 0.25) is 0 Å². The molecule has 0 saturated carbocycles. The summed E-state index contributed by atoms with van der Waals surface area (Å²) < 4.78 is 0. The Labute approximate surface area is 278 Å². The zero-order valence-electron chi connectivity index (χ0n) is 31.2. The lowest BCUT2D eigenvalue weighted by Crippen LogP contribution is -2.31.